The maximum Gasteiger partial charge on any atom is 0.234 e. The van der Waals surface area contributed by atoms with E-state index in [1.807, 2.05) is 6.07 Å². The minimum atomic E-state index is 0.0956. The van der Waals surface area contributed by atoms with Crippen LogP contribution in [0.2, 0.25) is 0 Å². The first-order valence-corrected chi connectivity index (χ1v) is 9.71. The summed E-state index contributed by atoms with van der Waals surface area (Å²) in [4.78, 5) is 25.1. The molecule has 1 saturated heterocycles. The van der Waals surface area contributed by atoms with E-state index in [-0.39, 0.29) is 5.91 Å². The molecule has 0 bridgehead atoms. The third kappa shape index (κ3) is 5.76. The summed E-state index contributed by atoms with van der Waals surface area (Å²) in [7, 11) is 0. The van der Waals surface area contributed by atoms with Crippen LogP contribution >= 0.6 is 0 Å². The normalized spacial score (nSPS) is 15.1. The van der Waals surface area contributed by atoms with Crippen molar-refractivity contribution in [1.29, 1.82) is 0 Å². The Kier molecular flexibility index (Phi) is 6.76. The molecule has 1 amide bonds. The van der Waals surface area contributed by atoms with Crippen LogP contribution < -0.4 is 10.2 Å². The SMILES string of the molecule is CC(C)c1ccc(CCNC(=O)CN2CCN(c3ncccn3)CC2)cc1. The summed E-state index contributed by atoms with van der Waals surface area (Å²) in [5.41, 5.74) is 2.61. The monoisotopic (exact) mass is 367 g/mol. The lowest BCUT2D eigenvalue weighted by atomic mass is 10.0. The number of nitrogens with one attached hydrogen (secondary N) is 1. The molecule has 0 aliphatic carbocycles. The van der Waals surface area contributed by atoms with E-state index in [4.69, 9.17) is 0 Å². The van der Waals surface area contributed by atoms with Crippen LogP contribution in [-0.4, -0.2) is 60.0 Å². The van der Waals surface area contributed by atoms with Gasteiger partial charge in [-0.25, -0.2) is 9.97 Å². The van der Waals surface area contributed by atoms with Gasteiger partial charge in [-0.1, -0.05) is 38.1 Å². The fraction of sp³-hybridized carbons (Fsp3) is 0.476. The lowest BCUT2D eigenvalue weighted by molar-refractivity contribution is -0.122. The minimum Gasteiger partial charge on any atom is -0.355 e. The van der Waals surface area contributed by atoms with Crippen molar-refractivity contribution in [3.05, 3.63) is 53.9 Å². The van der Waals surface area contributed by atoms with Crippen LogP contribution in [0.4, 0.5) is 5.95 Å². The van der Waals surface area contributed by atoms with Crippen molar-refractivity contribution in [2.75, 3.05) is 44.2 Å². The van der Waals surface area contributed by atoms with Crippen molar-refractivity contribution < 1.29 is 4.79 Å². The number of amides is 1. The molecule has 0 spiro atoms. The van der Waals surface area contributed by atoms with E-state index in [1.165, 1.54) is 11.1 Å². The molecule has 1 fully saturated rings. The van der Waals surface area contributed by atoms with E-state index < -0.39 is 0 Å². The first kappa shape index (κ1) is 19.3. The molecule has 1 N–H and O–H groups in total. The number of carbonyl (C=O) groups excluding carboxylic acids is 1. The standard InChI is InChI=1S/C21H29N5O/c1-17(2)19-6-4-18(5-7-19)8-11-22-20(27)16-25-12-14-26(15-13-25)21-23-9-3-10-24-21/h3-7,9-10,17H,8,11-16H2,1-2H3,(H,22,27). The molecule has 3 rings (SSSR count). The highest BCUT2D eigenvalue weighted by Crippen LogP contribution is 2.14. The van der Waals surface area contributed by atoms with Gasteiger partial charge in [-0.2, -0.15) is 0 Å². The Bertz CT molecular complexity index is 709. The van der Waals surface area contributed by atoms with Gasteiger partial charge in [0, 0.05) is 45.1 Å². The zero-order valence-electron chi connectivity index (χ0n) is 16.3. The highest BCUT2D eigenvalue weighted by atomic mass is 16.2. The lowest BCUT2D eigenvalue weighted by Crippen LogP contribution is -2.50. The fourth-order valence-corrected chi connectivity index (χ4v) is 3.23. The Morgan fingerprint density at radius 2 is 1.74 bits per heavy atom. The van der Waals surface area contributed by atoms with Crippen molar-refractivity contribution in [3.63, 3.8) is 0 Å². The number of carbonyl (C=O) groups is 1. The number of rotatable bonds is 7. The Morgan fingerprint density at radius 3 is 2.37 bits per heavy atom. The highest BCUT2D eigenvalue weighted by molar-refractivity contribution is 5.78. The molecular weight excluding hydrogens is 338 g/mol. The Balaban J connectivity index is 1.35. The van der Waals surface area contributed by atoms with Gasteiger partial charge < -0.3 is 10.2 Å². The Labute approximate surface area is 161 Å². The van der Waals surface area contributed by atoms with Crippen molar-refractivity contribution in [1.82, 2.24) is 20.2 Å². The van der Waals surface area contributed by atoms with Crippen molar-refractivity contribution in [3.8, 4) is 0 Å². The van der Waals surface area contributed by atoms with Gasteiger partial charge in [0.1, 0.15) is 0 Å². The predicted molar refractivity (Wildman–Crippen MR) is 108 cm³/mol. The van der Waals surface area contributed by atoms with E-state index in [2.05, 4.69) is 63.2 Å². The van der Waals surface area contributed by atoms with Crippen LogP contribution in [0.15, 0.2) is 42.7 Å². The van der Waals surface area contributed by atoms with E-state index in [0.29, 0.717) is 19.0 Å². The van der Waals surface area contributed by atoms with Gasteiger partial charge in [-0.05, 0) is 29.5 Å². The summed E-state index contributed by atoms with van der Waals surface area (Å²) < 4.78 is 0. The number of anilines is 1. The molecule has 2 heterocycles. The third-order valence-electron chi connectivity index (χ3n) is 4.96. The molecule has 0 radical (unpaired) electrons. The molecule has 6 nitrogen and oxygen atoms in total. The fourth-order valence-electron chi connectivity index (χ4n) is 3.23. The molecule has 1 aliphatic rings. The van der Waals surface area contributed by atoms with Crippen LogP contribution in [0.25, 0.3) is 0 Å². The molecule has 1 aromatic heterocycles. The maximum atomic E-state index is 12.2. The number of hydrogen-bond acceptors (Lipinski definition) is 5. The van der Waals surface area contributed by atoms with Crippen LogP contribution in [0, 0.1) is 0 Å². The lowest BCUT2D eigenvalue weighted by Gasteiger charge is -2.34. The summed E-state index contributed by atoms with van der Waals surface area (Å²) in [6.45, 7) is 8.92. The molecule has 0 atom stereocenters. The minimum absolute atomic E-state index is 0.0956. The molecule has 2 aromatic rings. The second kappa shape index (κ2) is 9.46. The van der Waals surface area contributed by atoms with Crippen LogP contribution in [0.3, 0.4) is 0 Å². The Hall–Kier alpha value is -2.47. The van der Waals surface area contributed by atoms with Crippen molar-refractivity contribution >= 4 is 11.9 Å². The number of hydrogen-bond donors (Lipinski definition) is 1. The molecule has 1 aliphatic heterocycles. The first-order chi connectivity index (χ1) is 13.1. The van der Waals surface area contributed by atoms with Crippen LogP contribution in [0.5, 0.6) is 0 Å². The quantitative estimate of drug-likeness (QED) is 0.812. The summed E-state index contributed by atoms with van der Waals surface area (Å²) >= 11 is 0. The van der Waals surface area contributed by atoms with Crippen molar-refractivity contribution in [2.24, 2.45) is 0 Å². The number of piperazine rings is 1. The molecule has 0 unspecified atom stereocenters. The molecule has 1 aromatic carbocycles. The van der Waals surface area contributed by atoms with Crippen molar-refractivity contribution in [2.45, 2.75) is 26.2 Å². The number of benzene rings is 1. The van der Waals surface area contributed by atoms with E-state index in [0.717, 1.165) is 38.5 Å². The van der Waals surface area contributed by atoms with Crippen LogP contribution in [-0.2, 0) is 11.2 Å². The van der Waals surface area contributed by atoms with Gasteiger partial charge in [0.05, 0.1) is 6.54 Å². The van der Waals surface area contributed by atoms with E-state index >= 15 is 0 Å². The second-order valence-electron chi connectivity index (χ2n) is 7.31. The Morgan fingerprint density at radius 1 is 1.07 bits per heavy atom. The van der Waals surface area contributed by atoms with Gasteiger partial charge >= 0.3 is 0 Å². The molecule has 144 valence electrons. The molecule has 6 heteroatoms. The molecular formula is C21H29N5O. The van der Waals surface area contributed by atoms with Gasteiger partial charge in [0.25, 0.3) is 0 Å². The average molecular weight is 367 g/mol. The van der Waals surface area contributed by atoms with Gasteiger partial charge in [-0.3, -0.25) is 9.69 Å². The second-order valence-corrected chi connectivity index (χ2v) is 7.31. The topological polar surface area (TPSA) is 61.4 Å². The van der Waals surface area contributed by atoms with E-state index in [1.54, 1.807) is 12.4 Å². The summed E-state index contributed by atoms with van der Waals surface area (Å²) in [6, 6.07) is 10.5. The summed E-state index contributed by atoms with van der Waals surface area (Å²) in [6.07, 6.45) is 4.39. The van der Waals surface area contributed by atoms with Gasteiger partial charge in [-0.15, -0.1) is 0 Å². The maximum absolute atomic E-state index is 12.2. The largest absolute Gasteiger partial charge is 0.355 e. The molecule has 27 heavy (non-hydrogen) atoms. The smallest absolute Gasteiger partial charge is 0.234 e. The summed E-state index contributed by atoms with van der Waals surface area (Å²) in [5.74, 6) is 1.41. The predicted octanol–water partition coefficient (Wildman–Crippen LogP) is 2.08. The zero-order chi connectivity index (χ0) is 19.1. The number of aromatic nitrogens is 2. The highest BCUT2D eigenvalue weighted by Gasteiger charge is 2.20. The summed E-state index contributed by atoms with van der Waals surface area (Å²) in [5, 5.41) is 3.04. The third-order valence-corrected chi connectivity index (χ3v) is 4.96. The van der Waals surface area contributed by atoms with E-state index in [9.17, 15) is 4.79 Å². The molecule has 0 saturated carbocycles. The average Bonchev–Trinajstić information content (AvgIpc) is 2.69. The van der Waals surface area contributed by atoms with Crippen LogP contribution in [0.1, 0.15) is 30.9 Å². The zero-order valence-corrected chi connectivity index (χ0v) is 16.3. The van der Waals surface area contributed by atoms with Gasteiger partial charge in [0.15, 0.2) is 0 Å². The first-order valence-electron chi connectivity index (χ1n) is 9.71. The number of nitrogens with zero attached hydrogens (tertiary/aromatic N) is 4. The van der Waals surface area contributed by atoms with Gasteiger partial charge in [0.2, 0.25) is 11.9 Å².